The van der Waals surface area contributed by atoms with Crippen molar-refractivity contribution in [1.82, 2.24) is 0 Å². The number of benzene rings is 1. The molecule has 0 saturated heterocycles. The van der Waals surface area contributed by atoms with Crippen LogP contribution in [0.15, 0.2) is 24.3 Å². The third-order valence-electron chi connectivity index (χ3n) is 2.48. The van der Waals surface area contributed by atoms with Crippen molar-refractivity contribution in [3.8, 4) is 5.75 Å². The molecule has 1 aromatic carbocycles. The summed E-state index contributed by atoms with van der Waals surface area (Å²) in [5.41, 5.74) is -0.314. The van der Waals surface area contributed by atoms with E-state index in [9.17, 15) is 22.8 Å². The summed E-state index contributed by atoms with van der Waals surface area (Å²) >= 11 is 0. The maximum absolute atomic E-state index is 12.9. The molecule has 4 nitrogen and oxygen atoms in total. The summed E-state index contributed by atoms with van der Waals surface area (Å²) in [6.45, 7) is 1.11. The monoisotopic (exact) mass is 290 g/mol. The van der Waals surface area contributed by atoms with Gasteiger partial charge < -0.3 is 9.47 Å². The molecule has 0 heterocycles. The minimum Gasteiger partial charge on any atom is -0.496 e. The van der Waals surface area contributed by atoms with Crippen molar-refractivity contribution in [1.29, 1.82) is 0 Å². The van der Waals surface area contributed by atoms with E-state index in [-0.39, 0.29) is 17.9 Å². The van der Waals surface area contributed by atoms with Gasteiger partial charge >= 0.3 is 12.1 Å². The fourth-order valence-corrected chi connectivity index (χ4v) is 1.62. The van der Waals surface area contributed by atoms with Gasteiger partial charge in [-0.15, -0.1) is 0 Å². The first-order valence-corrected chi connectivity index (χ1v) is 5.73. The largest absolute Gasteiger partial charge is 0.496 e. The summed E-state index contributed by atoms with van der Waals surface area (Å²) < 4.78 is 47.9. The van der Waals surface area contributed by atoms with Crippen LogP contribution in [0.4, 0.5) is 13.2 Å². The van der Waals surface area contributed by atoms with E-state index in [0.29, 0.717) is 0 Å². The van der Waals surface area contributed by atoms with Gasteiger partial charge in [-0.1, -0.05) is 12.1 Å². The molecule has 0 aliphatic carbocycles. The minimum atomic E-state index is -5.02. The van der Waals surface area contributed by atoms with Crippen LogP contribution in [0.1, 0.15) is 17.3 Å². The van der Waals surface area contributed by atoms with Crippen LogP contribution in [0.5, 0.6) is 5.75 Å². The molecule has 0 aromatic heterocycles. The van der Waals surface area contributed by atoms with E-state index in [2.05, 4.69) is 4.74 Å². The smallest absolute Gasteiger partial charge is 0.409 e. The lowest BCUT2D eigenvalue weighted by Crippen LogP contribution is -2.38. The maximum Gasteiger partial charge on any atom is 0.409 e. The number of ether oxygens (including phenoxy) is 2. The second-order valence-electron chi connectivity index (χ2n) is 3.79. The Kier molecular flexibility index (Phi) is 5.12. The first kappa shape index (κ1) is 16.0. The molecule has 0 amide bonds. The van der Waals surface area contributed by atoms with Crippen LogP contribution in [0.2, 0.25) is 0 Å². The standard InChI is InChI=1S/C13H13F3O4/c1-3-20-12(18)10(13(14,15)16)11(17)8-6-4-5-7-9(8)19-2/h4-7,10H,3H2,1-2H3. The molecule has 0 bridgehead atoms. The molecule has 1 rings (SSSR count). The van der Waals surface area contributed by atoms with Crippen LogP contribution in [-0.4, -0.2) is 31.6 Å². The summed E-state index contributed by atoms with van der Waals surface area (Å²) in [7, 11) is 1.22. The molecular weight excluding hydrogens is 277 g/mol. The molecule has 0 aliphatic heterocycles. The topological polar surface area (TPSA) is 52.6 Å². The number of para-hydroxylation sites is 1. The molecule has 0 fully saturated rings. The molecule has 0 aliphatic rings. The average molecular weight is 290 g/mol. The molecule has 1 aromatic rings. The van der Waals surface area contributed by atoms with Crippen LogP contribution < -0.4 is 4.74 Å². The number of methoxy groups -OCH3 is 1. The summed E-state index contributed by atoms with van der Waals surface area (Å²) in [4.78, 5) is 23.4. The molecule has 0 N–H and O–H groups in total. The second kappa shape index (κ2) is 6.40. The van der Waals surface area contributed by atoms with Gasteiger partial charge in [-0.3, -0.25) is 9.59 Å². The molecule has 0 radical (unpaired) electrons. The Bertz CT molecular complexity index is 497. The van der Waals surface area contributed by atoms with Gasteiger partial charge in [0.05, 0.1) is 19.3 Å². The van der Waals surface area contributed by atoms with Crippen molar-refractivity contribution in [2.24, 2.45) is 5.92 Å². The van der Waals surface area contributed by atoms with Gasteiger partial charge in [0.1, 0.15) is 5.75 Å². The number of alkyl halides is 3. The van der Waals surface area contributed by atoms with Crippen LogP contribution in [-0.2, 0) is 9.53 Å². The lowest BCUT2D eigenvalue weighted by atomic mass is 9.96. The number of hydrogen-bond acceptors (Lipinski definition) is 4. The zero-order valence-electron chi connectivity index (χ0n) is 10.9. The highest BCUT2D eigenvalue weighted by molar-refractivity contribution is 6.10. The minimum absolute atomic E-state index is 0.0314. The second-order valence-corrected chi connectivity index (χ2v) is 3.79. The lowest BCUT2D eigenvalue weighted by Gasteiger charge is -2.18. The van der Waals surface area contributed by atoms with Gasteiger partial charge in [0.25, 0.3) is 0 Å². The zero-order valence-corrected chi connectivity index (χ0v) is 10.9. The Morgan fingerprint density at radius 1 is 1.25 bits per heavy atom. The summed E-state index contributed by atoms with van der Waals surface area (Å²) in [6.07, 6.45) is -5.02. The lowest BCUT2D eigenvalue weighted by molar-refractivity contribution is -0.187. The van der Waals surface area contributed by atoms with Crippen molar-refractivity contribution in [3.63, 3.8) is 0 Å². The van der Waals surface area contributed by atoms with Crippen LogP contribution in [0.25, 0.3) is 0 Å². The number of hydrogen-bond donors (Lipinski definition) is 0. The number of rotatable bonds is 5. The van der Waals surface area contributed by atoms with Crippen molar-refractivity contribution >= 4 is 11.8 Å². The third kappa shape index (κ3) is 3.49. The molecular formula is C13H13F3O4. The summed E-state index contributed by atoms with van der Waals surface area (Å²) in [5.74, 6) is -5.89. The quantitative estimate of drug-likeness (QED) is 0.475. The van der Waals surface area contributed by atoms with Gasteiger partial charge in [0, 0.05) is 0 Å². The van der Waals surface area contributed by atoms with E-state index in [4.69, 9.17) is 4.74 Å². The molecule has 20 heavy (non-hydrogen) atoms. The Labute approximate surface area is 113 Å². The Hall–Kier alpha value is -2.05. The van der Waals surface area contributed by atoms with Crippen LogP contribution >= 0.6 is 0 Å². The molecule has 7 heteroatoms. The number of halogens is 3. The number of carbonyl (C=O) groups is 2. The van der Waals surface area contributed by atoms with Crippen LogP contribution in [0, 0.1) is 5.92 Å². The predicted octanol–water partition coefficient (Wildman–Crippen LogP) is 2.62. The van der Waals surface area contributed by atoms with E-state index >= 15 is 0 Å². The van der Waals surface area contributed by atoms with Crippen molar-refractivity contribution in [3.05, 3.63) is 29.8 Å². The number of esters is 1. The highest BCUT2D eigenvalue weighted by Crippen LogP contribution is 2.32. The van der Waals surface area contributed by atoms with E-state index in [0.717, 1.165) is 0 Å². The maximum atomic E-state index is 12.9. The van der Waals surface area contributed by atoms with Gasteiger partial charge in [-0.2, -0.15) is 13.2 Å². The average Bonchev–Trinajstić information content (AvgIpc) is 2.37. The Morgan fingerprint density at radius 2 is 1.85 bits per heavy atom. The normalized spacial score (nSPS) is 12.7. The van der Waals surface area contributed by atoms with Gasteiger partial charge in [-0.05, 0) is 19.1 Å². The number of Topliss-reactive ketones (excluding diaryl/α,β-unsaturated/α-hetero) is 1. The molecule has 1 atom stereocenters. The van der Waals surface area contributed by atoms with E-state index in [1.54, 1.807) is 0 Å². The SMILES string of the molecule is CCOC(=O)C(C(=O)c1ccccc1OC)C(F)(F)F. The van der Waals surface area contributed by atoms with Gasteiger partial charge in [0.2, 0.25) is 5.92 Å². The Morgan fingerprint density at radius 3 is 2.35 bits per heavy atom. The van der Waals surface area contributed by atoms with E-state index in [1.807, 2.05) is 0 Å². The fraction of sp³-hybridized carbons (Fsp3) is 0.385. The molecule has 0 saturated carbocycles. The third-order valence-corrected chi connectivity index (χ3v) is 2.48. The predicted molar refractivity (Wildman–Crippen MR) is 63.5 cm³/mol. The Balaban J connectivity index is 3.21. The van der Waals surface area contributed by atoms with Gasteiger partial charge in [-0.25, -0.2) is 0 Å². The van der Waals surface area contributed by atoms with Crippen molar-refractivity contribution in [2.45, 2.75) is 13.1 Å². The first-order valence-electron chi connectivity index (χ1n) is 5.73. The first-order chi connectivity index (χ1) is 9.32. The molecule has 110 valence electrons. The summed E-state index contributed by atoms with van der Waals surface area (Å²) in [5, 5.41) is 0. The van der Waals surface area contributed by atoms with E-state index < -0.39 is 23.8 Å². The van der Waals surface area contributed by atoms with Crippen LogP contribution in [0.3, 0.4) is 0 Å². The summed E-state index contributed by atoms with van der Waals surface area (Å²) in [6, 6.07) is 5.39. The number of carbonyl (C=O) groups excluding carboxylic acids is 2. The molecule has 0 spiro atoms. The highest BCUT2D eigenvalue weighted by Gasteiger charge is 2.51. The zero-order chi connectivity index (χ0) is 15.3. The van der Waals surface area contributed by atoms with Crippen molar-refractivity contribution < 1.29 is 32.2 Å². The molecule has 1 unspecified atom stereocenters. The van der Waals surface area contributed by atoms with E-state index in [1.165, 1.54) is 38.3 Å². The van der Waals surface area contributed by atoms with Gasteiger partial charge in [0.15, 0.2) is 5.78 Å². The fourth-order valence-electron chi connectivity index (χ4n) is 1.62. The highest BCUT2D eigenvalue weighted by atomic mass is 19.4. The van der Waals surface area contributed by atoms with Crippen molar-refractivity contribution in [2.75, 3.05) is 13.7 Å². The number of ketones is 1.